The van der Waals surface area contributed by atoms with Crippen molar-refractivity contribution >= 4 is 41.5 Å². The molecule has 0 atom stereocenters. The van der Waals surface area contributed by atoms with Crippen LogP contribution in [0.25, 0.3) is 0 Å². The minimum absolute atomic E-state index is 0. The molecule has 2 N–H and O–H groups in total. The summed E-state index contributed by atoms with van der Waals surface area (Å²) in [4.78, 5) is 18.6. The number of hydrogen-bond donors (Lipinski definition) is 2. The summed E-state index contributed by atoms with van der Waals surface area (Å²) in [5.74, 6) is -4.26. The molecular weight excluding hydrogens is 484 g/mol. The molecule has 9 heteroatoms. The predicted octanol–water partition coefficient (Wildman–Crippen LogP) is 3.89. The Hall–Kier alpha value is -1.52. The van der Waals surface area contributed by atoms with Crippen LogP contribution < -0.4 is 10.6 Å². The number of anilines is 1. The minimum atomic E-state index is -1.61. The molecule has 1 saturated carbocycles. The average molecular weight is 510 g/mol. The van der Waals surface area contributed by atoms with Crippen LogP contribution >= 0.6 is 24.0 Å². The lowest BCUT2D eigenvalue weighted by molar-refractivity contribution is -0.114. The number of halogens is 4. The number of benzene rings is 1. The van der Waals surface area contributed by atoms with Gasteiger partial charge in [0.15, 0.2) is 23.4 Å². The van der Waals surface area contributed by atoms with Crippen LogP contribution in [0.15, 0.2) is 17.1 Å². The highest BCUT2D eigenvalue weighted by atomic mass is 127. The molecule has 1 aliphatic heterocycles. The number of likely N-dealkylation sites (tertiary alicyclic amines) is 1. The molecule has 1 aromatic rings. The van der Waals surface area contributed by atoms with E-state index in [0.29, 0.717) is 17.9 Å². The maximum absolute atomic E-state index is 13.7. The topological polar surface area (TPSA) is 56.7 Å². The second-order valence-electron chi connectivity index (χ2n) is 7.32. The highest BCUT2D eigenvalue weighted by Crippen LogP contribution is 2.45. The molecule has 2 fully saturated rings. The van der Waals surface area contributed by atoms with Crippen LogP contribution in [-0.2, 0) is 4.79 Å². The summed E-state index contributed by atoms with van der Waals surface area (Å²) in [5, 5.41) is 5.43. The predicted molar refractivity (Wildman–Crippen MR) is 113 cm³/mol. The smallest absolute Gasteiger partial charge is 0.246 e. The van der Waals surface area contributed by atoms with Gasteiger partial charge in [0.05, 0.1) is 5.69 Å². The molecule has 0 aromatic heterocycles. The molecule has 5 nitrogen and oxygen atoms in total. The molecule has 2 aliphatic rings. The van der Waals surface area contributed by atoms with Crippen molar-refractivity contribution in [2.75, 3.05) is 31.5 Å². The van der Waals surface area contributed by atoms with E-state index >= 15 is 0 Å². The molecule has 1 saturated heterocycles. The Morgan fingerprint density at radius 3 is 2.57 bits per heavy atom. The van der Waals surface area contributed by atoms with Crippen LogP contribution in [0.5, 0.6) is 0 Å². The third-order valence-electron chi connectivity index (χ3n) is 5.42. The standard InChI is InChI=1S/C19H25F3N4O.HI/c1-2-23-18(26-10-9-19(12-26)7-3-4-8-19)24-11-15(27)25-14-6-5-13(20)16(21)17(14)22;/h5-6H,2-4,7-12H2,1H3,(H,23,24)(H,25,27);1H. The molecular formula is C19H26F3IN4O. The third-order valence-corrected chi connectivity index (χ3v) is 5.42. The van der Waals surface area contributed by atoms with E-state index in [4.69, 9.17) is 0 Å². The van der Waals surface area contributed by atoms with E-state index in [9.17, 15) is 18.0 Å². The minimum Gasteiger partial charge on any atom is -0.357 e. The Labute approximate surface area is 180 Å². The zero-order chi connectivity index (χ0) is 19.4. The molecule has 3 rings (SSSR count). The van der Waals surface area contributed by atoms with Crippen molar-refractivity contribution in [2.24, 2.45) is 10.4 Å². The maximum Gasteiger partial charge on any atom is 0.246 e. The van der Waals surface area contributed by atoms with E-state index in [-0.39, 0.29) is 30.5 Å². The molecule has 0 radical (unpaired) electrons. The molecule has 1 spiro atoms. The normalized spacial score (nSPS) is 18.3. The summed E-state index contributed by atoms with van der Waals surface area (Å²) in [6.45, 7) is 4.21. The molecule has 1 heterocycles. The van der Waals surface area contributed by atoms with Crippen LogP contribution in [0.4, 0.5) is 18.9 Å². The number of carbonyl (C=O) groups is 1. The number of nitrogens with zero attached hydrogens (tertiary/aromatic N) is 2. The van der Waals surface area contributed by atoms with E-state index in [2.05, 4.69) is 20.5 Å². The second-order valence-corrected chi connectivity index (χ2v) is 7.32. The molecule has 1 aliphatic carbocycles. The van der Waals surface area contributed by atoms with Crippen molar-refractivity contribution < 1.29 is 18.0 Å². The summed E-state index contributed by atoms with van der Waals surface area (Å²) < 4.78 is 39.9. The van der Waals surface area contributed by atoms with Crippen molar-refractivity contribution in [3.05, 3.63) is 29.6 Å². The van der Waals surface area contributed by atoms with Crippen LogP contribution in [0.3, 0.4) is 0 Å². The molecule has 156 valence electrons. The molecule has 0 bridgehead atoms. The first-order chi connectivity index (χ1) is 12.9. The van der Waals surface area contributed by atoms with E-state index in [1.807, 2.05) is 6.92 Å². The Morgan fingerprint density at radius 2 is 1.89 bits per heavy atom. The highest BCUT2D eigenvalue weighted by molar-refractivity contribution is 14.0. The van der Waals surface area contributed by atoms with Gasteiger partial charge in [0.1, 0.15) is 6.54 Å². The van der Waals surface area contributed by atoms with Crippen molar-refractivity contribution in [1.82, 2.24) is 10.2 Å². The van der Waals surface area contributed by atoms with Gasteiger partial charge in [-0.1, -0.05) is 12.8 Å². The van der Waals surface area contributed by atoms with Crippen LogP contribution in [-0.4, -0.2) is 42.9 Å². The number of carbonyl (C=O) groups excluding carboxylic acids is 1. The molecule has 1 amide bonds. The van der Waals surface area contributed by atoms with Gasteiger partial charge in [0, 0.05) is 19.6 Å². The van der Waals surface area contributed by atoms with E-state index in [1.54, 1.807) is 0 Å². The number of amides is 1. The lowest BCUT2D eigenvalue weighted by atomic mass is 9.86. The van der Waals surface area contributed by atoms with Gasteiger partial charge in [-0.3, -0.25) is 4.79 Å². The van der Waals surface area contributed by atoms with Crippen molar-refractivity contribution in [3.8, 4) is 0 Å². The van der Waals surface area contributed by atoms with Gasteiger partial charge >= 0.3 is 0 Å². The van der Waals surface area contributed by atoms with Crippen LogP contribution in [0.1, 0.15) is 39.0 Å². The average Bonchev–Trinajstić information content (AvgIpc) is 3.29. The van der Waals surface area contributed by atoms with Gasteiger partial charge in [0.2, 0.25) is 5.91 Å². The van der Waals surface area contributed by atoms with Gasteiger partial charge in [-0.05, 0) is 43.7 Å². The number of aliphatic imine (C=N–C) groups is 1. The number of rotatable bonds is 4. The van der Waals surface area contributed by atoms with Crippen molar-refractivity contribution in [2.45, 2.75) is 39.0 Å². The van der Waals surface area contributed by atoms with Gasteiger partial charge in [0.25, 0.3) is 0 Å². The Balaban J connectivity index is 0.00000280. The lowest BCUT2D eigenvalue weighted by Crippen LogP contribution is -2.41. The maximum atomic E-state index is 13.7. The fourth-order valence-corrected chi connectivity index (χ4v) is 4.03. The van der Waals surface area contributed by atoms with Crippen molar-refractivity contribution in [3.63, 3.8) is 0 Å². The zero-order valence-electron chi connectivity index (χ0n) is 15.9. The Kier molecular flexibility index (Phi) is 7.97. The SMILES string of the molecule is CCNC(=NCC(=O)Nc1ccc(F)c(F)c1F)N1CCC2(CCCC2)C1.I. The summed E-state index contributed by atoms with van der Waals surface area (Å²) in [6, 6.07) is 1.76. The number of hydrogen-bond acceptors (Lipinski definition) is 2. The summed E-state index contributed by atoms with van der Waals surface area (Å²) >= 11 is 0. The van der Waals surface area contributed by atoms with Gasteiger partial charge in [-0.15, -0.1) is 24.0 Å². The number of nitrogens with one attached hydrogen (secondary N) is 2. The van der Waals surface area contributed by atoms with Gasteiger partial charge in [-0.25, -0.2) is 18.2 Å². The number of guanidine groups is 1. The first-order valence-electron chi connectivity index (χ1n) is 9.41. The monoisotopic (exact) mass is 510 g/mol. The first-order valence-corrected chi connectivity index (χ1v) is 9.41. The van der Waals surface area contributed by atoms with Crippen LogP contribution in [0, 0.1) is 22.9 Å². The van der Waals surface area contributed by atoms with Crippen LogP contribution in [0.2, 0.25) is 0 Å². The van der Waals surface area contributed by atoms with E-state index in [0.717, 1.165) is 31.6 Å². The third kappa shape index (κ3) is 5.09. The molecule has 28 heavy (non-hydrogen) atoms. The zero-order valence-corrected chi connectivity index (χ0v) is 18.2. The summed E-state index contributed by atoms with van der Waals surface area (Å²) in [5.41, 5.74) is -0.0297. The summed E-state index contributed by atoms with van der Waals surface area (Å²) in [7, 11) is 0. The van der Waals surface area contributed by atoms with E-state index < -0.39 is 29.0 Å². The quantitative estimate of drug-likeness (QED) is 0.280. The van der Waals surface area contributed by atoms with Gasteiger partial charge in [-0.2, -0.15) is 0 Å². The second kappa shape index (κ2) is 9.80. The van der Waals surface area contributed by atoms with Gasteiger partial charge < -0.3 is 15.5 Å². The Morgan fingerprint density at radius 1 is 1.18 bits per heavy atom. The summed E-state index contributed by atoms with van der Waals surface area (Å²) in [6.07, 6.45) is 6.13. The lowest BCUT2D eigenvalue weighted by Gasteiger charge is -2.25. The molecule has 0 unspecified atom stereocenters. The first kappa shape index (κ1) is 22.8. The fourth-order valence-electron chi connectivity index (χ4n) is 4.03. The largest absolute Gasteiger partial charge is 0.357 e. The van der Waals surface area contributed by atoms with E-state index in [1.165, 1.54) is 25.7 Å². The van der Waals surface area contributed by atoms with Crippen molar-refractivity contribution in [1.29, 1.82) is 0 Å². The molecule has 1 aromatic carbocycles. The Bertz CT molecular complexity index is 738. The fraction of sp³-hybridized carbons (Fsp3) is 0.579. The highest BCUT2D eigenvalue weighted by Gasteiger charge is 2.41.